The van der Waals surface area contributed by atoms with Crippen LogP contribution in [0.15, 0.2) is 48.8 Å². The summed E-state index contributed by atoms with van der Waals surface area (Å²) < 4.78 is 0. The lowest BCUT2D eigenvalue weighted by atomic mass is 10.00. The van der Waals surface area contributed by atoms with Crippen molar-refractivity contribution in [3.63, 3.8) is 0 Å². The second-order valence-corrected chi connectivity index (χ2v) is 5.44. The van der Waals surface area contributed by atoms with E-state index < -0.39 is 0 Å². The molecule has 20 heavy (non-hydrogen) atoms. The molecule has 2 nitrogen and oxygen atoms in total. The highest BCUT2D eigenvalue weighted by atomic mass is 35.5. The number of nitrogens with one attached hydrogen (secondary N) is 1. The van der Waals surface area contributed by atoms with Crippen molar-refractivity contribution in [3.05, 3.63) is 64.9 Å². The van der Waals surface area contributed by atoms with Gasteiger partial charge in [0.2, 0.25) is 0 Å². The fourth-order valence-corrected chi connectivity index (χ4v) is 2.58. The summed E-state index contributed by atoms with van der Waals surface area (Å²) in [6.45, 7) is 0. The van der Waals surface area contributed by atoms with Crippen LogP contribution >= 0.6 is 11.6 Å². The van der Waals surface area contributed by atoms with Gasteiger partial charge in [0.05, 0.1) is 5.02 Å². The standard InChI is InChI=1S/C17H21ClN2/c1-19-16(12-15-10-11-20-13-17(15)18)9-5-8-14-6-3-2-4-7-14/h2-4,6-7,10-11,13,16,19H,5,8-9,12H2,1H3. The van der Waals surface area contributed by atoms with Crippen LogP contribution in [0.5, 0.6) is 0 Å². The first-order chi connectivity index (χ1) is 9.79. The number of benzene rings is 1. The molecule has 1 N–H and O–H groups in total. The van der Waals surface area contributed by atoms with Gasteiger partial charge in [-0.1, -0.05) is 41.9 Å². The summed E-state index contributed by atoms with van der Waals surface area (Å²) in [5.41, 5.74) is 2.57. The van der Waals surface area contributed by atoms with Crippen molar-refractivity contribution in [1.82, 2.24) is 10.3 Å². The van der Waals surface area contributed by atoms with Gasteiger partial charge in [-0.15, -0.1) is 0 Å². The van der Waals surface area contributed by atoms with Crippen LogP contribution in [-0.4, -0.2) is 18.1 Å². The fraction of sp³-hybridized carbons (Fsp3) is 0.353. The van der Waals surface area contributed by atoms with E-state index in [0.717, 1.165) is 24.3 Å². The molecule has 0 aliphatic rings. The highest BCUT2D eigenvalue weighted by Gasteiger charge is 2.09. The van der Waals surface area contributed by atoms with E-state index in [1.807, 2.05) is 13.1 Å². The van der Waals surface area contributed by atoms with Crippen molar-refractivity contribution in [1.29, 1.82) is 0 Å². The van der Waals surface area contributed by atoms with Crippen molar-refractivity contribution in [2.45, 2.75) is 31.7 Å². The predicted octanol–water partition coefficient (Wildman–Crippen LogP) is 3.89. The molecule has 0 amide bonds. The van der Waals surface area contributed by atoms with Gasteiger partial charge >= 0.3 is 0 Å². The molecular weight excluding hydrogens is 268 g/mol. The molecule has 0 saturated heterocycles. The van der Waals surface area contributed by atoms with E-state index in [1.165, 1.54) is 17.5 Å². The maximum Gasteiger partial charge on any atom is 0.0621 e. The molecule has 1 aromatic heterocycles. The van der Waals surface area contributed by atoms with Crippen LogP contribution in [0.3, 0.4) is 0 Å². The summed E-state index contributed by atoms with van der Waals surface area (Å²) in [4.78, 5) is 4.03. The van der Waals surface area contributed by atoms with Crippen molar-refractivity contribution in [2.24, 2.45) is 0 Å². The minimum atomic E-state index is 0.457. The molecule has 2 aromatic rings. The molecule has 1 heterocycles. The highest BCUT2D eigenvalue weighted by molar-refractivity contribution is 6.31. The Morgan fingerprint density at radius 2 is 2.00 bits per heavy atom. The number of nitrogens with zero attached hydrogens (tertiary/aromatic N) is 1. The van der Waals surface area contributed by atoms with E-state index in [0.29, 0.717) is 6.04 Å². The number of hydrogen-bond donors (Lipinski definition) is 1. The van der Waals surface area contributed by atoms with Gasteiger partial charge in [0.1, 0.15) is 0 Å². The lowest BCUT2D eigenvalue weighted by molar-refractivity contribution is 0.502. The van der Waals surface area contributed by atoms with Crippen LogP contribution in [0.4, 0.5) is 0 Å². The first-order valence-electron chi connectivity index (χ1n) is 7.09. The zero-order valence-electron chi connectivity index (χ0n) is 11.8. The molecule has 0 spiro atoms. The lowest BCUT2D eigenvalue weighted by Gasteiger charge is -2.16. The van der Waals surface area contributed by atoms with Crippen molar-refractivity contribution < 1.29 is 0 Å². The fourth-order valence-electron chi connectivity index (χ4n) is 2.38. The average molecular weight is 289 g/mol. The molecule has 0 radical (unpaired) electrons. The van der Waals surface area contributed by atoms with E-state index in [1.54, 1.807) is 12.4 Å². The Kier molecular flexibility index (Phi) is 6.03. The van der Waals surface area contributed by atoms with E-state index in [4.69, 9.17) is 11.6 Å². The number of hydrogen-bond acceptors (Lipinski definition) is 2. The van der Waals surface area contributed by atoms with Crippen molar-refractivity contribution in [3.8, 4) is 0 Å². The molecule has 1 atom stereocenters. The Hall–Kier alpha value is -1.38. The highest BCUT2D eigenvalue weighted by Crippen LogP contribution is 2.17. The number of likely N-dealkylation sites (N-methyl/N-ethyl adjacent to an activating group) is 1. The maximum atomic E-state index is 6.16. The van der Waals surface area contributed by atoms with Gasteiger partial charge < -0.3 is 5.32 Å². The monoisotopic (exact) mass is 288 g/mol. The van der Waals surface area contributed by atoms with Gasteiger partial charge in [0.15, 0.2) is 0 Å². The number of aromatic nitrogens is 1. The SMILES string of the molecule is CNC(CCCc1ccccc1)Cc1ccncc1Cl. The summed E-state index contributed by atoms with van der Waals surface area (Å²) in [5, 5.41) is 4.14. The minimum Gasteiger partial charge on any atom is -0.317 e. The predicted molar refractivity (Wildman–Crippen MR) is 85.2 cm³/mol. The molecule has 0 saturated carbocycles. The van der Waals surface area contributed by atoms with Gasteiger partial charge in [-0.2, -0.15) is 0 Å². The normalized spacial score (nSPS) is 12.3. The maximum absolute atomic E-state index is 6.16. The van der Waals surface area contributed by atoms with Gasteiger partial charge in [-0.3, -0.25) is 4.98 Å². The van der Waals surface area contributed by atoms with E-state index in [-0.39, 0.29) is 0 Å². The molecule has 0 fully saturated rings. The minimum absolute atomic E-state index is 0.457. The van der Waals surface area contributed by atoms with Crippen LogP contribution < -0.4 is 5.32 Å². The van der Waals surface area contributed by atoms with Crippen molar-refractivity contribution >= 4 is 11.6 Å². The summed E-state index contributed by atoms with van der Waals surface area (Å²) >= 11 is 6.16. The first kappa shape index (κ1) is 15.0. The first-order valence-corrected chi connectivity index (χ1v) is 7.47. The third kappa shape index (κ3) is 4.62. The Labute approximate surface area is 126 Å². The number of pyridine rings is 1. The molecule has 3 heteroatoms. The zero-order chi connectivity index (χ0) is 14.2. The molecular formula is C17H21ClN2. The van der Waals surface area contributed by atoms with Crippen LogP contribution in [0.25, 0.3) is 0 Å². The largest absolute Gasteiger partial charge is 0.317 e. The van der Waals surface area contributed by atoms with E-state index in [2.05, 4.69) is 40.6 Å². The smallest absolute Gasteiger partial charge is 0.0621 e. The van der Waals surface area contributed by atoms with Crippen LogP contribution in [-0.2, 0) is 12.8 Å². The van der Waals surface area contributed by atoms with Gasteiger partial charge in [0, 0.05) is 18.4 Å². The van der Waals surface area contributed by atoms with Gasteiger partial charge in [-0.25, -0.2) is 0 Å². The molecule has 0 bridgehead atoms. The molecule has 2 rings (SSSR count). The average Bonchev–Trinajstić information content (AvgIpc) is 2.49. The second kappa shape index (κ2) is 8.03. The topological polar surface area (TPSA) is 24.9 Å². The third-order valence-corrected chi connectivity index (χ3v) is 3.93. The molecule has 0 aliphatic carbocycles. The van der Waals surface area contributed by atoms with Gasteiger partial charge in [-0.05, 0) is 49.9 Å². The molecule has 1 unspecified atom stereocenters. The summed E-state index contributed by atoms with van der Waals surface area (Å²) in [7, 11) is 2.02. The zero-order valence-corrected chi connectivity index (χ0v) is 12.6. The Balaban J connectivity index is 1.82. The van der Waals surface area contributed by atoms with E-state index >= 15 is 0 Å². The van der Waals surface area contributed by atoms with Crippen LogP contribution in [0.1, 0.15) is 24.0 Å². The summed E-state index contributed by atoms with van der Waals surface area (Å²) in [6.07, 6.45) is 7.92. The quantitative estimate of drug-likeness (QED) is 0.836. The van der Waals surface area contributed by atoms with Crippen LogP contribution in [0, 0.1) is 0 Å². The molecule has 106 valence electrons. The van der Waals surface area contributed by atoms with Crippen molar-refractivity contribution in [2.75, 3.05) is 7.05 Å². The summed E-state index contributed by atoms with van der Waals surface area (Å²) in [6, 6.07) is 13.1. The third-order valence-electron chi connectivity index (χ3n) is 3.59. The Bertz CT molecular complexity index is 513. The van der Waals surface area contributed by atoms with Gasteiger partial charge in [0.25, 0.3) is 0 Å². The number of rotatable bonds is 7. The summed E-state index contributed by atoms with van der Waals surface area (Å²) in [5.74, 6) is 0. The Morgan fingerprint density at radius 3 is 2.70 bits per heavy atom. The lowest BCUT2D eigenvalue weighted by Crippen LogP contribution is -2.27. The number of halogens is 1. The number of aryl methyl sites for hydroxylation is 1. The second-order valence-electron chi connectivity index (χ2n) is 5.03. The molecule has 0 aliphatic heterocycles. The molecule has 1 aromatic carbocycles. The Morgan fingerprint density at radius 1 is 1.20 bits per heavy atom. The van der Waals surface area contributed by atoms with Crippen LogP contribution in [0.2, 0.25) is 5.02 Å². The van der Waals surface area contributed by atoms with E-state index in [9.17, 15) is 0 Å².